The Morgan fingerprint density at radius 2 is 1.95 bits per heavy atom. The van der Waals surface area contributed by atoms with Crippen molar-refractivity contribution in [3.63, 3.8) is 0 Å². The average Bonchev–Trinajstić information content (AvgIpc) is 2.83. The van der Waals surface area contributed by atoms with Gasteiger partial charge in [-0.25, -0.2) is 0 Å². The van der Waals surface area contributed by atoms with Crippen LogP contribution in [-0.2, 0) is 4.74 Å². The fraction of sp³-hybridized carbons (Fsp3) is 1.00. The van der Waals surface area contributed by atoms with Crippen LogP contribution in [0.2, 0.25) is 0 Å². The molecule has 0 radical (unpaired) electrons. The summed E-state index contributed by atoms with van der Waals surface area (Å²) in [6.07, 6.45) is 12.2. The second-order valence-corrected chi connectivity index (χ2v) is 7.02. The summed E-state index contributed by atoms with van der Waals surface area (Å²) < 4.78 is 6.15. The molecule has 3 atom stereocenters. The third kappa shape index (κ3) is 3.50. The van der Waals surface area contributed by atoms with Gasteiger partial charge in [0, 0.05) is 12.6 Å². The number of rotatable bonds is 3. The molecule has 0 aromatic rings. The van der Waals surface area contributed by atoms with Crippen LogP contribution in [0.3, 0.4) is 0 Å². The van der Waals surface area contributed by atoms with Crippen LogP contribution in [0.25, 0.3) is 0 Å². The van der Waals surface area contributed by atoms with E-state index in [0.29, 0.717) is 12.0 Å². The highest BCUT2D eigenvalue weighted by Crippen LogP contribution is 2.38. The summed E-state index contributed by atoms with van der Waals surface area (Å²) >= 11 is 0. The molecule has 1 saturated heterocycles. The Morgan fingerprint density at radius 1 is 1.11 bits per heavy atom. The standard InChI is InChI=1S/C16H29NO2/c18-15-5-4-13(10-15)12-17-14-6-9-19-16(11-14)7-2-1-3-8-16/h13-15,17-18H,1-12H2. The number of aliphatic hydroxyl groups excluding tert-OH is 1. The van der Waals surface area contributed by atoms with E-state index in [1.165, 1.54) is 44.9 Å². The molecular formula is C16H29NO2. The summed E-state index contributed by atoms with van der Waals surface area (Å²) in [6, 6.07) is 0.643. The first kappa shape index (κ1) is 13.8. The summed E-state index contributed by atoms with van der Waals surface area (Å²) in [5.74, 6) is 0.695. The minimum absolute atomic E-state index is 0.0359. The molecule has 3 unspecified atom stereocenters. The molecule has 0 aromatic heterocycles. The minimum Gasteiger partial charge on any atom is -0.393 e. The van der Waals surface area contributed by atoms with Crippen molar-refractivity contribution in [2.75, 3.05) is 13.2 Å². The normalized spacial score (nSPS) is 38.7. The van der Waals surface area contributed by atoms with E-state index in [1.807, 2.05) is 0 Å². The highest BCUT2D eigenvalue weighted by molar-refractivity contribution is 4.92. The number of hydrogen-bond donors (Lipinski definition) is 2. The predicted molar refractivity (Wildman–Crippen MR) is 76.1 cm³/mol. The van der Waals surface area contributed by atoms with Crippen LogP contribution in [0.5, 0.6) is 0 Å². The van der Waals surface area contributed by atoms with Crippen LogP contribution >= 0.6 is 0 Å². The second-order valence-electron chi connectivity index (χ2n) is 7.02. The van der Waals surface area contributed by atoms with Crippen LogP contribution in [0.4, 0.5) is 0 Å². The van der Waals surface area contributed by atoms with Gasteiger partial charge in [0.1, 0.15) is 0 Å². The zero-order valence-corrected chi connectivity index (χ0v) is 12.1. The summed E-state index contributed by atoms with van der Waals surface area (Å²) in [5.41, 5.74) is 0.212. The van der Waals surface area contributed by atoms with Gasteiger partial charge in [-0.05, 0) is 57.4 Å². The highest BCUT2D eigenvalue weighted by atomic mass is 16.5. The van der Waals surface area contributed by atoms with E-state index in [1.54, 1.807) is 0 Å². The lowest BCUT2D eigenvalue weighted by atomic mass is 9.78. The lowest BCUT2D eigenvalue weighted by molar-refractivity contribution is -0.109. The molecule has 3 rings (SSSR count). The van der Waals surface area contributed by atoms with Crippen molar-refractivity contribution in [2.45, 2.75) is 82.0 Å². The Labute approximate surface area is 117 Å². The first-order valence-corrected chi connectivity index (χ1v) is 8.31. The number of ether oxygens (including phenoxy) is 1. The largest absolute Gasteiger partial charge is 0.393 e. The molecule has 3 nitrogen and oxygen atoms in total. The molecule has 0 bridgehead atoms. The van der Waals surface area contributed by atoms with E-state index in [4.69, 9.17) is 4.74 Å². The van der Waals surface area contributed by atoms with Gasteiger partial charge < -0.3 is 15.2 Å². The van der Waals surface area contributed by atoms with Gasteiger partial charge in [0.25, 0.3) is 0 Å². The van der Waals surface area contributed by atoms with E-state index in [-0.39, 0.29) is 11.7 Å². The Bertz CT molecular complexity index is 283. The van der Waals surface area contributed by atoms with Crippen molar-refractivity contribution in [2.24, 2.45) is 5.92 Å². The van der Waals surface area contributed by atoms with E-state index in [9.17, 15) is 5.11 Å². The van der Waals surface area contributed by atoms with Crippen LogP contribution in [0.1, 0.15) is 64.2 Å². The molecule has 2 N–H and O–H groups in total. The topological polar surface area (TPSA) is 41.5 Å². The zero-order chi connectivity index (χ0) is 13.1. The SMILES string of the molecule is OC1CCC(CNC2CCOC3(CCCCC3)C2)C1. The molecule has 2 saturated carbocycles. The van der Waals surface area contributed by atoms with Gasteiger partial charge >= 0.3 is 0 Å². The molecule has 2 aliphatic carbocycles. The van der Waals surface area contributed by atoms with Gasteiger partial charge in [-0.2, -0.15) is 0 Å². The van der Waals surface area contributed by atoms with Crippen molar-refractivity contribution >= 4 is 0 Å². The third-order valence-corrected chi connectivity index (χ3v) is 5.47. The lowest BCUT2D eigenvalue weighted by Crippen LogP contribution is -2.48. The van der Waals surface area contributed by atoms with Gasteiger partial charge in [0.2, 0.25) is 0 Å². The first-order chi connectivity index (χ1) is 9.26. The van der Waals surface area contributed by atoms with E-state index in [2.05, 4.69) is 5.32 Å². The van der Waals surface area contributed by atoms with Crippen LogP contribution in [-0.4, -0.2) is 36.0 Å². The second kappa shape index (κ2) is 6.11. The summed E-state index contributed by atoms with van der Waals surface area (Å²) in [4.78, 5) is 0. The van der Waals surface area contributed by atoms with Crippen molar-refractivity contribution in [3.05, 3.63) is 0 Å². The maximum atomic E-state index is 9.59. The molecule has 1 spiro atoms. The fourth-order valence-electron chi connectivity index (χ4n) is 4.31. The highest BCUT2D eigenvalue weighted by Gasteiger charge is 2.38. The minimum atomic E-state index is -0.0359. The summed E-state index contributed by atoms with van der Waals surface area (Å²) in [7, 11) is 0. The van der Waals surface area contributed by atoms with E-state index < -0.39 is 0 Å². The number of hydrogen-bond acceptors (Lipinski definition) is 3. The van der Waals surface area contributed by atoms with Crippen molar-refractivity contribution in [3.8, 4) is 0 Å². The van der Waals surface area contributed by atoms with Crippen LogP contribution in [0.15, 0.2) is 0 Å². The van der Waals surface area contributed by atoms with Crippen molar-refractivity contribution in [1.29, 1.82) is 0 Å². The average molecular weight is 267 g/mol. The molecule has 0 aromatic carbocycles. The third-order valence-electron chi connectivity index (χ3n) is 5.47. The smallest absolute Gasteiger partial charge is 0.0697 e. The molecule has 110 valence electrons. The van der Waals surface area contributed by atoms with Gasteiger partial charge in [-0.15, -0.1) is 0 Å². The maximum Gasteiger partial charge on any atom is 0.0697 e. The number of nitrogens with one attached hydrogen (secondary N) is 1. The van der Waals surface area contributed by atoms with Crippen LogP contribution in [0, 0.1) is 5.92 Å². The molecule has 1 aliphatic heterocycles. The van der Waals surface area contributed by atoms with Gasteiger partial charge in [0.05, 0.1) is 11.7 Å². The van der Waals surface area contributed by atoms with E-state index in [0.717, 1.165) is 32.4 Å². The molecule has 1 heterocycles. The quantitative estimate of drug-likeness (QED) is 0.826. The van der Waals surface area contributed by atoms with Gasteiger partial charge in [0.15, 0.2) is 0 Å². The summed E-state index contributed by atoms with van der Waals surface area (Å²) in [5, 5.41) is 13.4. The van der Waals surface area contributed by atoms with Gasteiger partial charge in [-0.3, -0.25) is 0 Å². The molecular weight excluding hydrogens is 238 g/mol. The van der Waals surface area contributed by atoms with Gasteiger partial charge in [-0.1, -0.05) is 19.3 Å². The molecule has 19 heavy (non-hydrogen) atoms. The molecule has 3 heteroatoms. The van der Waals surface area contributed by atoms with E-state index >= 15 is 0 Å². The Balaban J connectivity index is 1.45. The monoisotopic (exact) mass is 267 g/mol. The lowest BCUT2D eigenvalue weighted by Gasteiger charge is -2.44. The first-order valence-electron chi connectivity index (χ1n) is 8.31. The molecule has 0 amide bonds. The fourth-order valence-corrected chi connectivity index (χ4v) is 4.31. The number of aliphatic hydroxyl groups is 1. The molecule has 3 aliphatic rings. The predicted octanol–water partition coefficient (Wildman–Crippen LogP) is 2.62. The Hall–Kier alpha value is -0.120. The van der Waals surface area contributed by atoms with Crippen LogP contribution < -0.4 is 5.32 Å². The Kier molecular flexibility index (Phi) is 4.45. The zero-order valence-electron chi connectivity index (χ0n) is 12.1. The van der Waals surface area contributed by atoms with Crippen molar-refractivity contribution < 1.29 is 9.84 Å². The maximum absolute atomic E-state index is 9.59. The Morgan fingerprint density at radius 3 is 2.68 bits per heavy atom. The molecule has 3 fully saturated rings. The summed E-state index contributed by atoms with van der Waals surface area (Å²) in [6.45, 7) is 2.03. The van der Waals surface area contributed by atoms with Crippen molar-refractivity contribution in [1.82, 2.24) is 5.32 Å².